The second kappa shape index (κ2) is 3.55. The van der Waals surface area contributed by atoms with Gasteiger partial charge < -0.3 is 5.11 Å². The Bertz CT molecular complexity index is 306. The SMILES string of the molecule is CC(C)c1ncn(C(C)C(=O)O)n1. The summed E-state index contributed by atoms with van der Waals surface area (Å²) in [5, 5.41) is 12.8. The minimum absolute atomic E-state index is 0.224. The molecule has 0 aliphatic carbocycles. The zero-order valence-electron chi connectivity index (χ0n) is 7.93. The average molecular weight is 183 g/mol. The van der Waals surface area contributed by atoms with Crippen LogP contribution in [0.25, 0.3) is 0 Å². The van der Waals surface area contributed by atoms with Gasteiger partial charge in [-0.3, -0.25) is 0 Å². The highest BCUT2D eigenvalue weighted by molar-refractivity contribution is 5.71. The van der Waals surface area contributed by atoms with E-state index in [4.69, 9.17) is 5.11 Å². The van der Waals surface area contributed by atoms with Crippen LogP contribution < -0.4 is 0 Å². The van der Waals surface area contributed by atoms with Crippen LogP contribution in [0.5, 0.6) is 0 Å². The largest absolute Gasteiger partial charge is 0.480 e. The van der Waals surface area contributed by atoms with Gasteiger partial charge in [-0.15, -0.1) is 0 Å². The lowest BCUT2D eigenvalue weighted by atomic mass is 10.2. The Balaban J connectivity index is 2.85. The van der Waals surface area contributed by atoms with Gasteiger partial charge in [0.2, 0.25) is 0 Å². The van der Waals surface area contributed by atoms with Crippen molar-refractivity contribution in [1.82, 2.24) is 14.8 Å². The summed E-state index contributed by atoms with van der Waals surface area (Å²) >= 11 is 0. The summed E-state index contributed by atoms with van der Waals surface area (Å²) in [4.78, 5) is 14.6. The molecule has 72 valence electrons. The molecule has 13 heavy (non-hydrogen) atoms. The molecule has 1 aromatic rings. The molecule has 0 saturated carbocycles. The van der Waals surface area contributed by atoms with E-state index in [0.29, 0.717) is 5.82 Å². The molecule has 0 bridgehead atoms. The number of carboxylic acids is 1. The monoisotopic (exact) mass is 183 g/mol. The normalized spacial score (nSPS) is 13.2. The molecule has 1 N–H and O–H groups in total. The third kappa shape index (κ3) is 2.05. The number of carboxylic acid groups (broad SMARTS) is 1. The molecule has 1 rings (SSSR count). The Labute approximate surface area is 76.4 Å². The van der Waals surface area contributed by atoms with Crippen LogP contribution in [0.4, 0.5) is 0 Å². The maximum Gasteiger partial charge on any atom is 0.328 e. The molecular weight excluding hydrogens is 170 g/mol. The molecule has 0 saturated heterocycles. The zero-order valence-corrected chi connectivity index (χ0v) is 7.93. The molecule has 0 fully saturated rings. The van der Waals surface area contributed by atoms with Crippen LogP contribution in [0, 0.1) is 0 Å². The fourth-order valence-corrected chi connectivity index (χ4v) is 0.853. The van der Waals surface area contributed by atoms with Crippen molar-refractivity contribution in [1.29, 1.82) is 0 Å². The third-order valence-corrected chi connectivity index (χ3v) is 1.80. The fraction of sp³-hybridized carbons (Fsp3) is 0.625. The quantitative estimate of drug-likeness (QED) is 0.760. The first-order valence-electron chi connectivity index (χ1n) is 4.16. The van der Waals surface area contributed by atoms with Gasteiger partial charge in [-0.05, 0) is 6.92 Å². The van der Waals surface area contributed by atoms with Crippen LogP contribution in [0.2, 0.25) is 0 Å². The van der Waals surface area contributed by atoms with Gasteiger partial charge in [0, 0.05) is 5.92 Å². The molecule has 1 aromatic heterocycles. The molecule has 5 nitrogen and oxygen atoms in total. The molecule has 1 heterocycles. The standard InChI is InChI=1S/C8H13N3O2/c1-5(2)7-9-4-11(10-7)6(3)8(12)13/h4-6H,1-3H3,(H,12,13). The van der Waals surface area contributed by atoms with Crippen molar-refractivity contribution in [2.75, 3.05) is 0 Å². The molecule has 0 aromatic carbocycles. The first-order valence-corrected chi connectivity index (χ1v) is 4.16. The van der Waals surface area contributed by atoms with Crippen LogP contribution in [-0.4, -0.2) is 25.8 Å². The maximum atomic E-state index is 10.6. The fourth-order valence-electron chi connectivity index (χ4n) is 0.853. The van der Waals surface area contributed by atoms with E-state index in [1.54, 1.807) is 6.92 Å². The smallest absolute Gasteiger partial charge is 0.328 e. The van der Waals surface area contributed by atoms with E-state index < -0.39 is 12.0 Å². The average Bonchev–Trinajstić information content (AvgIpc) is 2.50. The highest BCUT2D eigenvalue weighted by Gasteiger charge is 2.15. The van der Waals surface area contributed by atoms with Gasteiger partial charge in [0.1, 0.15) is 12.4 Å². The van der Waals surface area contributed by atoms with Crippen molar-refractivity contribution in [2.24, 2.45) is 0 Å². The number of rotatable bonds is 3. The summed E-state index contributed by atoms with van der Waals surface area (Å²) in [5.41, 5.74) is 0. The number of hydrogen-bond acceptors (Lipinski definition) is 3. The molecular formula is C8H13N3O2. The van der Waals surface area contributed by atoms with Gasteiger partial charge in [-0.25, -0.2) is 14.5 Å². The Morgan fingerprint density at radius 1 is 1.54 bits per heavy atom. The lowest BCUT2D eigenvalue weighted by Gasteiger charge is -2.04. The van der Waals surface area contributed by atoms with Crippen LogP contribution in [0.3, 0.4) is 0 Å². The van der Waals surface area contributed by atoms with E-state index in [0.717, 1.165) is 0 Å². The summed E-state index contributed by atoms with van der Waals surface area (Å²) < 4.78 is 1.36. The summed E-state index contributed by atoms with van der Waals surface area (Å²) in [6, 6.07) is -0.653. The Morgan fingerprint density at radius 2 is 2.15 bits per heavy atom. The van der Waals surface area contributed by atoms with Gasteiger partial charge in [0.15, 0.2) is 5.82 Å². The van der Waals surface area contributed by atoms with Crippen molar-refractivity contribution in [3.05, 3.63) is 12.2 Å². The van der Waals surface area contributed by atoms with Crippen molar-refractivity contribution in [2.45, 2.75) is 32.7 Å². The summed E-state index contributed by atoms with van der Waals surface area (Å²) in [6.07, 6.45) is 1.45. The van der Waals surface area contributed by atoms with E-state index in [-0.39, 0.29) is 5.92 Å². The summed E-state index contributed by atoms with van der Waals surface area (Å²) in [5.74, 6) is -0.00412. The molecule has 0 spiro atoms. The van der Waals surface area contributed by atoms with Crippen LogP contribution in [-0.2, 0) is 4.79 Å². The van der Waals surface area contributed by atoms with E-state index in [2.05, 4.69) is 10.1 Å². The Morgan fingerprint density at radius 3 is 2.54 bits per heavy atom. The number of nitrogens with zero attached hydrogens (tertiary/aromatic N) is 3. The summed E-state index contributed by atoms with van der Waals surface area (Å²) in [6.45, 7) is 5.50. The van der Waals surface area contributed by atoms with E-state index in [1.165, 1.54) is 11.0 Å². The topological polar surface area (TPSA) is 68.0 Å². The van der Waals surface area contributed by atoms with Crippen molar-refractivity contribution in [3.8, 4) is 0 Å². The molecule has 1 unspecified atom stereocenters. The molecule has 0 radical (unpaired) electrons. The second-order valence-electron chi connectivity index (χ2n) is 3.25. The van der Waals surface area contributed by atoms with Gasteiger partial charge in [-0.2, -0.15) is 5.10 Å². The first-order chi connectivity index (χ1) is 6.02. The van der Waals surface area contributed by atoms with E-state index in [1.807, 2.05) is 13.8 Å². The lowest BCUT2D eigenvalue weighted by Crippen LogP contribution is -2.16. The number of aromatic nitrogens is 3. The Hall–Kier alpha value is -1.39. The number of carbonyl (C=O) groups is 1. The van der Waals surface area contributed by atoms with Gasteiger partial charge in [0.25, 0.3) is 0 Å². The summed E-state index contributed by atoms with van der Waals surface area (Å²) in [7, 11) is 0. The molecule has 1 atom stereocenters. The number of aliphatic carboxylic acids is 1. The van der Waals surface area contributed by atoms with E-state index in [9.17, 15) is 4.79 Å². The van der Waals surface area contributed by atoms with Gasteiger partial charge in [0.05, 0.1) is 0 Å². The second-order valence-corrected chi connectivity index (χ2v) is 3.25. The number of hydrogen-bond donors (Lipinski definition) is 1. The lowest BCUT2D eigenvalue weighted by molar-refractivity contribution is -0.140. The zero-order chi connectivity index (χ0) is 10.0. The first kappa shape index (κ1) is 9.70. The molecule has 0 aliphatic rings. The van der Waals surface area contributed by atoms with Crippen molar-refractivity contribution < 1.29 is 9.90 Å². The van der Waals surface area contributed by atoms with Crippen LogP contribution in [0.15, 0.2) is 6.33 Å². The molecule has 0 amide bonds. The maximum absolute atomic E-state index is 10.6. The Kier molecular flexibility index (Phi) is 2.65. The van der Waals surface area contributed by atoms with E-state index >= 15 is 0 Å². The predicted molar refractivity (Wildman–Crippen MR) is 46.5 cm³/mol. The van der Waals surface area contributed by atoms with Gasteiger partial charge >= 0.3 is 5.97 Å². The third-order valence-electron chi connectivity index (χ3n) is 1.80. The van der Waals surface area contributed by atoms with Crippen molar-refractivity contribution in [3.63, 3.8) is 0 Å². The molecule has 5 heteroatoms. The highest BCUT2D eigenvalue weighted by Crippen LogP contribution is 2.10. The van der Waals surface area contributed by atoms with Gasteiger partial charge in [-0.1, -0.05) is 13.8 Å². The highest BCUT2D eigenvalue weighted by atomic mass is 16.4. The minimum atomic E-state index is -0.903. The predicted octanol–water partition coefficient (Wildman–Crippen LogP) is 1.05. The van der Waals surface area contributed by atoms with Crippen LogP contribution >= 0.6 is 0 Å². The van der Waals surface area contributed by atoms with Crippen LogP contribution in [0.1, 0.15) is 38.6 Å². The van der Waals surface area contributed by atoms with Crippen molar-refractivity contribution >= 4 is 5.97 Å². The minimum Gasteiger partial charge on any atom is -0.480 e. The molecule has 0 aliphatic heterocycles.